The molecule has 0 atom stereocenters. The van der Waals surface area contributed by atoms with E-state index < -0.39 is 9.84 Å². The zero-order valence-corrected chi connectivity index (χ0v) is 25.1. The van der Waals surface area contributed by atoms with E-state index >= 15 is 0 Å². The smallest absolute Gasteiger partial charge is 0.254 e. The molecule has 0 N–H and O–H groups in total. The molecule has 0 radical (unpaired) electrons. The predicted molar refractivity (Wildman–Crippen MR) is 164 cm³/mol. The number of benzene rings is 3. The Kier molecular flexibility index (Phi) is 8.45. The van der Waals surface area contributed by atoms with Gasteiger partial charge in [0.25, 0.3) is 5.91 Å². The van der Waals surface area contributed by atoms with Crippen LogP contribution in [0.25, 0.3) is 10.8 Å². The molecular weight excluding hydrogens is 565 g/mol. The molecule has 3 aromatic carbocycles. The Bertz CT molecular complexity index is 1690. The fourth-order valence-electron chi connectivity index (χ4n) is 6.48. The van der Waals surface area contributed by atoms with Crippen molar-refractivity contribution in [3.05, 3.63) is 95.9 Å². The number of methoxy groups -OCH3 is 1. The van der Waals surface area contributed by atoms with Crippen molar-refractivity contribution in [1.82, 2.24) is 14.8 Å². The van der Waals surface area contributed by atoms with Gasteiger partial charge >= 0.3 is 0 Å². The van der Waals surface area contributed by atoms with Gasteiger partial charge in [-0.3, -0.25) is 4.79 Å². The highest BCUT2D eigenvalue weighted by Crippen LogP contribution is 2.29. The average molecular weight is 602 g/mol. The first-order valence-corrected chi connectivity index (χ1v) is 16.4. The van der Waals surface area contributed by atoms with Crippen LogP contribution in [0.5, 0.6) is 5.75 Å². The molecular formula is C34H36FN3O4S. The van der Waals surface area contributed by atoms with Crippen LogP contribution >= 0.6 is 0 Å². The van der Waals surface area contributed by atoms with Gasteiger partial charge in [0.05, 0.1) is 12.0 Å². The van der Waals surface area contributed by atoms with E-state index in [2.05, 4.69) is 9.88 Å². The van der Waals surface area contributed by atoms with E-state index in [0.29, 0.717) is 47.1 Å². The van der Waals surface area contributed by atoms with Crippen LogP contribution < -0.4 is 4.74 Å². The first kappa shape index (κ1) is 29.3. The van der Waals surface area contributed by atoms with Gasteiger partial charge in [-0.15, -0.1) is 0 Å². The highest BCUT2D eigenvalue weighted by atomic mass is 32.2. The number of carbonyl (C=O) groups excluding carboxylic acids is 1. The lowest BCUT2D eigenvalue weighted by atomic mass is 9.89. The summed E-state index contributed by atoms with van der Waals surface area (Å²) in [6.45, 7) is 3.44. The zero-order chi connectivity index (χ0) is 30.0. The molecule has 7 nitrogen and oxygen atoms in total. The van der Waals surface area contributed by atoms with E-state index in [0.717, 1.165) is 50.8 Å². The number of hydrogen-bond donors (Lipinski definition) is 0. The number of fused-ring (bicyclic) bond motifs is 1. The van der Waals surface area contributed by atoms with Gasteiger partial charge in [-0.2, -0.15) is 0 Å². The van der Waals surface area contributed by atoms with Crippen molar-refractivity contribution in [2.75, 3.05) is 33.3 Å². The maximum Gasteiger partial charge on any atom is 0.254 e. The molecule has 0 aliphatic carbocycles. The number of ether oxygens (including phenoxy) is 1. The zero-order valence-electron chi connectivity index (χ0n) is 24.3. The van der Waals surface area contributed by atoms with E-state index in [1.54, 1.807) is 49.7 Å². The van der Waals surface area contributed by atoms with Crippen molar-refractivity contribution in [2.45, 2.75) is 48.1 Å². The number of sulfone groups is 1. The molecule has 4 aromatic rings. The summed E-state index contributed by atoms with van der Waals surface area (Å²) in [5, 5.41) is 1.20. The fourth-order valence-corrected chi connectivity index (χ4v) is 7.65. The summed E-state index contributed by atoms with van der Waals surface area (Å²) < 4.78 is 45.3. The second kappa shape index (κ2) is 12.4. The number of hydrogen-bond acceptors (Lipinski definition) is 6. The molecule has 0 unspecified atom stereocenters. The number of pyridine rings is 1. The predicted octanol–water partition coefficient (Wildman–Crippen LogP) is 5.77. The van der Waals surface area contributed by atoms with Gasteiger partial charge in [-0.25, -0.2) is 17.8 Å². The summed E-state index contributed by atoms with van der Waals surface area (Å²) in [6.07, 6.45) is 6.59. The third-order valence-electron chi connectivity index (χ3n) is 8.99. The van der Waals surface area contributed by atoms with Gasteiger partial charge in [-0.05, 0) is 105 Å². The Balaban J connectivity index is 0.995. The Morgan fingerprint density at radius 3 is 2.23 bits per heavy atom. The van der Waals surface area contributed by atoms with E-state index in [9.17, 15) is 17.6 Å². The van der Waals surface area contributed by atoms with Crippen LogP contribution in [0.4, 0.5) is 4.39 Å². The molecule has 43 heavy (non-hydrogen) atoms. The normalized spacial score (nSPS) is 17.3. The number of rotatable bonds is 7. The lowest BCUT2D eigenvalue weighted by Gasteiger charge is -2.42. The molecule has 0 bridgehead atoms. The van der Waals surface area contributed by atoms with Gasteiger partial charge in [0, 0.05) is 36.3 Å². The van der Waals surface area contributed by atoms with Crippen molar-refractivity contribution in [1.29, 1.82) is 0 Å². The Morgan fingerprint density at radius 2 is 1.58 bits per heavy atom. The highest BCUT2D eigenvalue weighted by molar-refractivity contribution is 7.91. The molecule has 2 aliphatic rings. The maximum atomic E-state index is 14.3. The molecule has 0 spiro atoms. The molecule has 224 valence electrons. The summed E-state index contributed by atoms with van der Waals surface area (Å²) >= 11 is 0. The third kappa shape index (κ3) is 6.15. The standard InChI is InChI=1S/C34H36FN3O4S/c1-42-27-7-9-28(10-8-27)43(40,41)33-13-6-25(23-36-33)22-24-14-18-37(19-15-24)26-16-20-38(21-17-26)34(39)31-11-12-32(35)30-5-3-2-4-29(30)31/h2-13,23-24,26H,14-22H2,1H3. The van der Waals surface area contributed by atoms with E-state index in [1.807, 2.05) is 23.1 Å². The van der Waals surface area contributed by atoms with Gasteiger partial charge in [0.15, 0.2) is 5.03 Å². The molecule has 1 aromatic heterocycles. The first-order valence-electron chi connectivity index (χ1n) is 14.9. The van der Waals surface area contributed by atoms with E-state index in [1.165, 1.54) is 18.2 Å². The lowest BCUT2D eigenvalue weighted by Crippen LogP contribution is -2.49. The lowest BCUT2D eigenvalue weighted by molar-refractivity contribution is 0.0553. The van der Waals surface area contributed by atoms with Gasteiger partial charge in [0.2, 0.25) is 9.84 Å². The number of carbonyl (C=O) groups is 1. The SMILES string of the molecule is COc1ccc(S(=O)(=O)c2ccc(CC3CCN(C4CCN(C(=O)c5ccc(F)c6ccccc56)CC4)CC3)cn2)cc1. The maximum absolute atomic E-state index is 14.3. The first-order chi connectivity index (χ1) is 20.8. The summed E-state index contributed by atoms with van der Waals surface area (Å²) in [4.78, 5) is 22.3. The van der Waals surface area contributed by atoms with Crippen LogP contribution in [0, 0.1) is 11.7 Å². The summed E-state index contributed by atoms with van der Waals surface area (Å²) in [6, 6.07) is 20.4. The number of nitrogens with zero attached hydrogens (tertiary/aromatic N) is 3. The summed E-state index contributed by atoms with van der Waals surface area (Å²) in [5.41, 5.74) is 1.62. The second-order valence-electron chi connectivity index (χ2n) is 11.5. The van der Waals surface area contributed by atoms with Gasteiger partial charge in [0.1, 0.15) is 11.6 Å². The van der Waals surface area contributed by atoms with Crippen LogP contribution in [-0.4, -0.2) is 68.4 Å². The Morgan fingerprint density at radius 1 is 0.884 bits per heavy atom. The number of halogens is 1. The monoisotopic (exact) mass is 601 g/mol. The van der Waals surface area contributed by atoms with Crippen LogP contribution in [-0.2, 0) is 16.3 Å². The summed E-state index contributed by atoms with van der Waals surface area (Å²) in [5.74, 6) is 0.796. The fraction of sp³-hybridized carbons (Fsp3) is 0.353. The van der Waals surface area contributed by atoms with Crippen LogP contribution in [0.15, 0.2) is 88.9 Å². The molecule has 1 amide bonds. The minimum absolute atomic E-state index is 0.0233. The summed E-state index contributed by atoms with van der Waals surface area (Å²) in [7, 11) is -2.14. The number of amides is 1. The molecule has 3 heterocycles. The second-order valence-corrected chi connectivity index (χ2v) is 13.4. The number of aromatic nitrogens is 1. The number of likely N-dealkylation sites (tertiary alicyclic amines) is 2. The molecule has 2 fully saturated rings. The van der Waals surface area contributed by atoms with Crippen molar-refractivity contribution < 1.29 is 22.3 Å². The van der Waals surface area contributed by atoms with Crippen LogP contribution in [0.2, 0.25) is 0 Å². The highest BCUT2D eigenvalue weighted by Gasteiger charge is 2.31. The minimum Gasteiger partial charge on any atom is -0.497 e. The van der Waals surface area contributed by atoms with Crippen LogP contribution in [0.1, 0.15) is 41.6 Å². The molecule has 9 heteroatoms. The van der Waals surface area contributed by atoms with E-state index in [-0.39, 0.29) is 21.6 Å². The Hall–Kier alpha value is -3.82. The third-order valence-corrected chi connectivity index (χ3v) is 10.7. The number of piperidine rings is 2. The molecule has 2 aliphatic heterocycles. The van der Waals surface area contributed by atoms with E-state index in [4.69, 9.17) is 4.74 Å². The van der Waals surface area contributed by atoms with Crippen molar-refractivity contribution >= 4 is 26.5 Å². The molecule has 2 saturated heterocycles. The van der Waals surface area contributed by atoms with Crippen molar-refractivity contribution in [2.24, 2.45) is 5.92 Å². The topological polar surface area (TPSA) is 79.8 Å². The largest absolute Gasteiger partial charge is 0.497 e. The van der Waals surface area contributed by atoms with Crippen molar-refractivity contribution in [3.8, 4) is 5.75 Å². The quantitative estimate of drug-likeness (QED) is 0.268. The van der Waals surface area contributed by atoms with Crippen LogP contribution in [0.3, 0.4) is 0 Å². The molecule has 6 rings (SSSR count). The average Bonchev–Trinajstić information content (AvgIpc) is 3.05. The van der Waals surface area contributed by atoms with Gasteiger partial charge < -0.3 is 14.5 Å². The molecule has 0 saturated carbocycles. The van der Waals surface area contributed by atoms with Gasteiger partial charge in [-0.1, -0.05) is 30.3 Å². The minimum atomic E-state index is -3.68. The Labute approximate surface area is 252 Å². The van der Waals surface area contributed by atoms with Crippen molar-refractivity contribution in [3.63, 3.8) is 0 Å².